The van der Waals surface area contributed by atoms with Crippen LogP contribution in [0, 0.1) is 0 Å². The lowest BCUT2D eigenvalue weighted by molar-refractivity contribution is 0.509. The van der Waals surface area contributed by atoms with Crippen LogP contribution in [0.25, 0.3) is 0 Å². The maximum atomic E-state index is 10.3. The first-order chi connectivity index (χ1) is 3.79. The van der Waals surface area contributed by atoms with Gasteiger partial charge in [-0.2, -0.15) is 0 Å². The molecule has 0 saturated heterocycles. The minimum absolute atomic E-state index is 0.334. The Labute approximate surface area is 54.3 Å². The Hall–Kier alpha value is -0.570. The Balaban J connectivity index is 3.28. The summed E-state index contributed by atoms with van der Waals surface area (Å²) in [6.45, 7) is 0. The summed E-state index contributed by atoms with van der Waals surface area (Å²) < 4.78 is 5.17. The zero-order valence-electron chi connectivity index (χ0n) is 3.93. The summed E-state index contributed by atoms with van der Waals surface area (Å²) in [5.74, 6) is 0. The van der Waals surface area contributed by atoms with Crippen LogP contribution in [0.4, 0.5) is 0 Å². The van der Waals surface area contributed by atoms with E-state index < -0.39 is 0 Å². The lowest BCUT2D eigenvalue weighted by Crippen LogP contribution is -1.92. The van der Waals surface area contributed by atoms with Crippen LogP contribution < -0.4 is 5.63 Å². The predicted molar refractivity (Wildman–Crippen MR) is 32.7 cm³/mol. The fourth-order valence-electron chi connectivity index (χ4n) is 0.361. The van der Waals surface area contributed by atoms with Crippen molar-refractivity contribution in [3.63, 3.8) is 0 Å². The minimum atomic E-state index is -0.334. The van der Waals surface area contributed by atoms with E-state index in [1.807, 2.05) is 0 Å². The molecule has 0 radical (unpaired) electrons. The van der Waals surface area contributed by atoms with Gasteiger partial charge in [-0.3, -0.25) is 0 Å². The van der Waals surface area contributed by atoms with E-state index in [-0.39, 0.29) is 5.63 Å². The van der Waals surface area contributed by atoms with Gasteiger partial charge in [-0.05, 0) is 6.07 Å². The largest absolute Gasteiger partial charge is 0.431 e. The average Bonchev–Trinajstić information content (AvgIpc) is 1.64. The maximum absolute atomic E-state index is 10.3. The van der Waals surface area contributed by atoms with E-state index in [0.29, 0.717) is 0 Å². The second kappa shape index (κ2) is 2.13. The second-order valence-corrected chi connectivity index (χ2v) is 2.18. The maximum Gasteiger partial charge on any atom is 0.336 e. The van der Waals surface area contributed by atoms with Crippen LogP contribution in [0.2, 0.25) is 0 Å². The Bertz CT molecular complexity index is 228. The molecule has 0 saturated carbocycles. The average molecular weight is 175 g/mol. The van der Waals surface area contributed by atoms with E-state index in [0.717, 1.165) is 4.47 Å². The lowest BCUT2D eigenvalue weighted by Gasteiger charge is -1.80. The van der Waals surface area contributed by atoms with Crippen molar-refractivity contribution in [2.75, 3.05) is 0 Å². The van der Waals surface area contributed by atoms with Crippen LogP contribution in [0.15, 0.2) is 32.1 Å². The number of halogens is 1. The number of rotatable bonds is 0. The highest BCUT2D eigenvalue weighted by Crippen LogP contribution is 2.02. The van der Waals surface area contributed by atoms with Gasteiger partial charge in [0.25, 0.3) is 0 Å². The van der Waals surface area contributed by atoms with Crippen molar-refractivity contribution in [1.82, 2.24) is 0 Å². The van der Waals surface area contributed by atoms with E-state index in [9.17, 15) is 4.79 Å². The van der Waals surface area contributed by atoms with Crippen molar-refractivity contribution in [2.24, 2.45) is 0 Å². The Morgan fingerprint density at radius 2 is 2.38 bits per heavy atom. The van der Waals surface area contributed by atoms with Gasteiger partial charge < -0.3 is 4.42 Å². The van der Waals surface area contributed by atoms with Crippen molar-refractivity contribution < 1.29 is 4.42 Å². The number of hydrogen-bond acceptors (Lipinski definition) is 2. The van der Waals surface area contributed by atoms with Gasteiger partial charge in [0.05, 0.1) is 6.26 Å². The molecule has 42 valence electrons. The summed E-state index contributed by atoms with van der Waals surface area (Å²) in [7, 11) is 0. The Morgan fingerprint density at radius 1 is 1.62 bits per heavy atom. The summed E-state index contributed by atoms with van der Waals surface area (Å²) in [5, 5.41) is 0. The van der Waals surface area contributed by atoms with Gasteiger partial charge in [0.2, 0.25) is 0 Å². The van der Waals surface area contributed by atoms with Crippen molar-refractivity contribution >= 4 is 15.9 Å². The van der Waals surface area contributed by atoms with Crippen molar-refractivity contribution in [2.45, 2.75) is 0 Å². The summed E-state index contributed by atoms with van der Waals surface area (Å²) >= 11 is 3.10. The third kappa shape index (κ3) is 1.20. The molecule has 2 nitrogen and oxygen atoms in total. The van der Waals surface area contributed by atoms with Gasteiger partial charge in [-0.15, -0.1) is 0 Å². The highest BCUT2D eigenvalue weighted by Gasteiger charge is 1.84. The van der Waals surface area contributed by atoms with E-state index in [4.69, 9.17) is 0 Å². The third-order valence-corrected chi connectivity index (χ3v) is 1.16. The molecule has 8 heavy (non-hydrogen) atoms. The minimum Gasteiger partial charge on any atom is -0.431 e. The molecule has 1 aromatic rings. The molecule has 1 aromatic heterocycles. The molecular weight excluding hydrogens is 172 g/mol. The van der Waals surface area contributed by atoms with E-state index >= 15 is 0 Å². The first kappa shape index (κ1) is 5.56. The summed E-state index contributed by atoms with van der Waals surface area (Å²) in [5.41, 5.74) is -0.334. The van der Waals surface area contributed by atoms with E-state index in [1.165, 1.54) is 12.3 Å². The van der Waals surface area contributed by atoms with Crippen molar-refractivity contribution in [1.29, 1.82) is 0 Å². The molecule has 3 heteroatoms. The molecule has 0 bridgehead atoms. The monoisotopic (exact) mass is 174 g/mol. The highest BCUT2D eigenvalue weighted by atomic mass is 79.9. The fourth-order valence-corrected chi connectivity index (χ4v) is 0.656. The summed E-state index contributed by atoms with van der Waals surface area (Å²) in [4.78, 5) is 10.3. The third-order valence-electron chi connectivity index (χ3n) is 0.667. The Kier molecular flexibility index (Phi) is 1.48. The second-order valence-electron chi connectivity index (χ2n) is 1.27. The van der Waals surface area contributed by atoms with Crippen LogP contribution in [0.1, 0.15) is 0 Å². The molecule has 0 fully saturated rings. The fraction of sp³-hybridized carbons (Fsp3) is 0. The molecule has 0 amide bonds. The van der Waals surface area contributed by atoms with E-state index in [1.54, 1.807) is 6.07 Å². The number of hydrogen-bond donors (Lipinski definition) is 0. The van der Waals surface area contributed by atoms with E-state index in [2.05, 4.69) is 20.3 Å². The van der Waals surface area contributed by atoms with Crippen LogP contribution in [-0.2, 0) is 0 Å². The van der Waals surface area contributed by atoms with Crippen LogP contribution >= 0.6 is 15.9 Å². The van der Waals surface area contributed by atoms with Crippen LogP contribution in [-0.4, -0.2) is 0 Å². The highest BCUT2D eigenvalue weighted by molar-refractivity contribution is 9.10. The lowest BCUT2D eigenvalue weighted by atomic mass is 10.5. The molecule has 0 aromatic carbocycles. The molecular formula is C5H3BrO2. The summed E-state index contributed by atoms with van der Waals surface area (Å²) in [6, 6.07) is 3.02. The van der Waals surface area contributed by atoms with Crippen LogP contribution in [0.3, 0.4) is 0 Å². The molecule has 0 unspecified atom stereocenters. The molecule has 1 rings (SSSR count). The topological polar surface area (TPSA) is 30.2 Å². The quantitative estimate of drug-likeness (QED) is 0.596. The van der Waals surface area contributed by atoms with Gasteiger partial charge in [-0.1, -0.05) is 15.9 Å². The van der Waals surface area contributed by atoms with Gasteiger partial charge in [0.15, 0.2) is 0 Å². The Morgan fingerprint density at radius 3 is 2.75 bits per heavy atom. The van der Waals surface area contributed by atoms with Gasteiger partial charge in [-0.25, -0.2) is 4.79 Å². The molecule has 0 spiro atoms. The predicted octanol–water partition coefficient (Wildman–Crippen LogP) is 1.40. The zero-order chi connectivity index (χ0) is 5.98. The van der Waals surface area contributed by atoms with Crippen LogP contribution in [0.5, 0.6) is 0 Å². The van der Waals surface area contributed by atoms with Crippen molar-refractivity contribution in [3.05, 3.63) is 33.3 Å². The van der Waals surface area contributed by atoms with Gasteiger partial charge in [0.1, 0.15) is 0 Å². The van der Waals surface area contributed by atoms with Gasteiger partial charge in [0, 0.05) is 10.5 Å². The smallest absolute Gasteiger partial charge is 0.336 e. The first-order valence-electron chi connectivity index (χ1n) is 2.03. The zero-order valence-corrected chi connectivity index (χ0v) is 5.51. The molecule has 0 N–H and O–H groups in total. The standard InChI is InChI=1S/C5H3BrO2/c6-4-1-2-8-5(7)3-4/h1-3H. The molecule has 1 heterocycles. The van der Waals surface area contributed by atoms with Crippen molar-refractivity contribution in [3.8, 4) is 0 Å². The SMILES string of the molecule is O=c1cc(Br)cco1. The first-order valence-corrected chi connectivity index (χ1v) is 2.83. The summed E-state index contributed by atoms with van der Waals surface area (Å²) in [6.07, 6.45) is 1.34. The molecule has 0 aliphatic heterocycles. The molecule has 0 aliphatic carbocycles. The normalized spacial score (nSPS) is 9.12. The molecule has 0 atom stereocenters. The molecule has 0 aliphatic rings. The van der Waals surface area contributed by atoms with Gasteiger partial charge >= 0.3 is 5.63 Å².